The molecule has 0 spiro atoms. The second kappa shape index (κ2) is 8.22. The van der Waals surface area contributed by atoms with Crippen molar-refractivity contribution in [2.75, 3.05) is 52.6 Å². The summed E-state index contributed by atoms with van der Waals surface area (Å²) in [4.78, 5) is 13.0. The zero-order chi connectivity index (χ0) is 12.5. The van der Waals surface area contributed by atoms with Crippen LogP contribution in [-0.2, 0) is 14.3 Å². The van der Waals surface area contributed by atoms with E-state index in [1.807, 2.05) is 0 Å². The van der Waals surface area contributed by atoms with Crippen LogP contribution in [0.15, 0.2) is 12.2 Å². The van der Waals surface area contributed by atoms with E-state index in [1.54, 1.807) is 11.8 Å². The summed E-state index contributed by atoms with van der Waals surface area (Å²) >= 11 is 0. The first-order valence-corrected chi connectivity index (χ1v) is 6.03. The Kier molecular flexibility index (Phi) is 6.84. The molecule has 2 aliphatic heterocycles. The average Bonchev–Trinajstić information content (AvgIpc) is 2.41. The summed E-state index contributed by atoms with van der Waals surface area (Å²) in [6, 6.07) is 0. The molecule has 0 radical (unpaired) electrons. The van der Waals surface area contributed by atoms with E-state index in [0.717, 1.165) is 26.3 Å². The molecule has 1 N–H and O–H groups in total. The number of hydrogen-bond donors (Lipinski definition) is 1. The van der Waals surface area contributed by atoms with Crippen LogP contribution in [0.5, 0.6) is 0 Å². The molecule has 0 aromatic carbocycles. The molecule has 2 fully saturated rings. The Labute approximate surface area is 103 Å². The lowest BCUT2D eigenvalue weighted by Crippen LogP contribution is -2.40. The Morgan fingerprint density at radius 1 is 1.12 bits per heavy atom. The summed E-state index contributed by atoms with van der Waals surface area (Å²) in [6.07, 6.45) is 0. The van der Waals surface area contributed by atoms with Gasteiger partial charge in [0.2, 0.25) is 5.91 Å². The van der Waals surface area contributed by atoms with Gasteiger partial charge in [-0.3, -0.25) is 4.79 Å². The molecular formula is C12H22N2O3. The van der Waals surface area contributed by atoms with Crippen molar-refractivity contribution in [3.8, 4) is 0 Å². The van der Waals surface area contributed by atoms with Crippen LogP contribution in [-0.4, -0.2) is 63.4 Å². The molecule has 0 saturated carbocycles. The van der Waals surface area contributed by atoms with Gasteiger partial charge in [0.15, 0.2) is 0 Å². The van der Waals surface area contributed by atoms with Crippen molar-refractivity contribution >= 4 is 5.91 Å². The number of morpholine rings is 2. The fourth-order valence-electron chi connectivity index (χ4n) is 1.55. The molecule has 17 heavy (non-hydrogen) atoms. The quantitative estimate of drug-likeness (QED) is 0.659. The number of amides is 1. The molecule has 2 saturated heterocycles. The van der Waals surface area contributed by atoms with E-state index < -0.39 is 0 Å². The standard InChI is InChI=1S/C8H13NO2.C4H9NO/c1-7(2)8(10)9-3-5-11-6-4-9;1-3-6-4-2-5-1/h1,3-6H2,2H3;5H,1-4H2. The van der Waals surface area contributed by atoms with Gasteiger partial charge in [-0.1, -0.05) is 6.58 Å². The molecule has 2 rings (SSSR count). The normalized spacial score (nSPS) is 20.2. The van der Waals surface area contributed by atoms with Crippen LogP contribution in [0.2, 0.25) is 0 Å². The van der Waals surface area contributed by atoms with Gasteiger partial charge < -0.3 is 19.7 Å². The van der Waals surface area contributed by atoms with E-state index in [0.29, 0.717) is 31.9 Å². The van der Waals surface area contributed by atoms with Crippen LogP contribution in [0.4, 0.5) is 0 Å². The van der Waals surface area contributed by atoms with Crippen LogP contribution < -0.4 is 5.32 Å². The summed E-state index contributed by atoms with van der Waals surface area (Å²) in [7, 11) is 0. The van der Waals surface area contributed by atoms with Gasteiger partial charge in [0.05, 0.1) is 26.4 Å². The third kappa shape index (κ3) is 5.81. The number of hydrogen-bond acceptors (Lipinski definition) is 4. The molecule has 0 aliphatic carbocycles. The number of nitrogens with zero attached hydrogens (tertiary/aromatic N) is 1. The lowest BCUT2D eigenvalue weighted by molar-refractivity contribution is -0.131. The van der Waals surface area contributed by atoms with Crippen molar-refractivity contribution in [3.63, 3.8) is 0 Å². The van der Waals surface area contributed by atoms with E-state index in [4.69, 9.17) is 9.47 Å². The second-order valence-electron chi connectivity index (χ2n) is 4.05. The smallest absolute Gasteiger partial charge is 0.249 e. The van der Waals surface area contributed by atoms with Crippen molar-refractivity contribution in [2.45, 2.75) is 6.92 Å². The molecule has 1 amide bonds. The predicted octanol–water partition coefficient (Wildman–Crippen LogP) is 0.0275. The first-order chi connectivity index (χ1) is 8.22. The van der Waals surface area contributed by atoms with Crippen LogP contribution in [0.1, 0.15) is 6.92 Å². The minimum absolute atomic E-state index is 0.0494. The molecule has 5 nitrogen and oxygen atoms in total. The fourth-order valence-corrected chi connectivity index (χ4v) is 1.55. The molecule has 0 atom stereocenters. The highest BCUT2D eigenvalue weighted by Gasteiger charge is 2.16. The van der Waals surface area contributed by atoms with Crippen molar-refractivity contribution < 1.29 is 14.3 Å². The van der Waals surface area contributed by atoms with Crippen molar-refractivity contribution in [2.24, 2.45) is 0 Å². The molecule has 0 aromatic rings. The summed E-state index contributed by atoms with van der Waals surface area (Å²) in [5.41, 5.74) is 0.604. The maximum Gasteiger partial charge on any atom is 0.249 e. The van der Waals surface area contributed by atoms with E-state index in [9.17, 15) is 4.79 Å². The molecule has 2 aliphatic rings. The first kappa shape index (κ1) is 14.2. The summed E-state index contributed by atoms with van der Waals surface area (Å²) in [6.45, 7) is 11.9. The fraction of sp³-hybridized carbons (Fsp3) is 0.750. The molecular weight excluding hydrogens is 220 g/mol. The number of ether oxygens (including phenoxy) is 2. The summed E-state index contributed by atoms with van der Waals surface area (Å²) < 4.78 is 10.1. The van der Waals surface area contributed by atoms with Gasteiger partial charge in [0.25, 0.3) is 0 Å². The molecule has 0 bridgehead atoms. The maximum atomic E-state index is 11.3. The van der Waals surface area contributed by atoms with Gasteiger partial charge in [-0.05, 0) is 6.92 Å². The highest BCUT2D eigenvalue weighted by molar-refractivity contribution is 5.92. The van der Waals surface area contributed by atoms with E-state index >= 15 is 0 Å². The molecule has 5 heteroatoms. The topological polar surface area (TPSA) is 50.8 Å². The number of rotatable bonds is 1. The van der Waals surface area contributed by atoms with Gasteiger partial charge >= 0.3 is 0 Å². The zero-order valence-corrected chi connectivity index (χ0v) is 10.5. The number of nitrogens with one attached hydrogen (secondary N) is 1. The Morgan fingerprint density at radius 3 is 2.00 bits per heavy atom. The minimum Gasteiger partial charge on any atom is -0.379 e. The molecule has 98 valence electrons. The Hall–Kier alpha value is -0.910. The maximum absolute atomic E-state index is 11.3. The first-order valence-electron chi connectivity index (χ1n) is 6.03. The average molecular weight is 242 g/mol. The van der Waals surface area contributed by atoms with Crippen molar-refractivity contribution in [1.29, 1.82) is 0 Å². The van der Waals surface area contributed by atoms with Gasteiger partial charge in [0.1, 0.15) is 0 Å². The van der Waals surface area contributed by atoms with Gasteiger partial charge in [0, 0.05) is 31.8 Å². The Morgan fingerprint density at radius 2 is 1.65 bits per heavy atom. The SMILES string of the molecule is C1COCCN1.C=C(C)C(=O)N1CCOCC1. The summed E-state index contributed by atoms with van der Waals surface area (Å²) in [5.74, 6) is 0.0494. The molecule has 0 unspecified atom stereocenters. The van der Waals surface area contributed by atoms with E-state index in [2.05, 4.69) is 11.9 Å². The van der Waals surface area contributed by atoms with Crippen molar-refractivity contribution in [3.05, 3.63) is 12.2 Å². The minimum atomic E-state index is 0.0494. The summed E-state index contributed by atoms with van der Waals surface area (Å²) in [5, 5.41) is 3.16. The lowest BCUT2D eigenvalue weighted by Gasteiger charge is -2.26. The molecule has 0 aromatic heterocycles. The van der Waals surface area contributed by atoms with Crippen molar-refractivity contribution in [1.82, 2.24) is 10.2 Å². The van der Waals surface area contributed by atoms with Crippen LogP contribution >= 0.6 is 0 Å². The van der Waals surface area contributed by atoms with Gasteiger partial charge in [-0.2, -0.15) is 0 Å². The van der Waals surface area contributed by atoms with Gasteiger partial charge in [-0.25, -0.2) is 0 Å². The molecule has 2 heterocycles. The second-order valence-corrected chi connectivity index (χ2v) is 4.05. The number of carbonyl (C=O) groups is 1. The Balaban J connectivity index is 0.000000202. The van der Waals surface area contributed by atoms with E-state index in [-0.39, 0.29) is 5.91 Å². The number of carbonyl (C=O) groups excluding carboxylic acids is 1. The van der Waals surface area contributed by atoms with Gasteiger partial charge in [-0.15, -0.1) is 0 Å². The van der Waals surface area contributed by atoms with Crippen LogP contribution in [0, 0.1) is 0 Å². The zero-order valence-electron chi connectivity index (χ0n) is 10.5. The Bertz CT molecular complexity index is 235. The highest BCUT2D eigenvalue weighted by Crippen LogP contribution is 2.02. The monoisotopic (exact) mass is 242 g/mol. The third-order valence-corrected chi connectivity index (χ3v) is 2.51. The van der Waals surface area contributed by atoms with Crippen LogP contribution in [0.25, 0.3) is 0 Å². The van der Waals surface area contributed by atoms with E-state index in [1.165, 1.54) is 0 Å². The predicted molar refractivity (Wildman–Crippen MR) is 65.9 cm³/mol. The highest BCUT2D eigenvalue weighted by atomic mass is 16.5. The lowest BCUT2D eigenvalue weighted by atomic mass is 10.3. The largest absolute Gasteiger partial charge is 0.379 e. The third-order valence-electron chi connectivity index (χ3n) is 2.51. The van der Waals surface area contributed by atoms with Crippen LogP contribution in [0.3, 0.4) is 0 Å².